The van der Waals surface area contributed by atoms with Crippen LogP contribution < -0.4 is 29.6 Å². The highest BCUT2D eigenvalue weighted by molar-refractivity contribution is 7.80. The molecule has 11 nitrogen and oxygen atoms in total. The molecule has 0 atom stereocenters. The minimum Gasteiger partial charge on any atom is -0.497 e. The maximum Gasteiger partial charge on any atom is 0.231 e. The van der Waals surface area contributed by atoms with Crippen LogP contribution >= 0.6 is 12.2 Å². The molecule has 3 heterocycles. The Morgan fingerprint density at radius 1 is 1.00 bits per heavy atom. The first kappa shape index (κ1) is 27.7. The summed E-state index contributed by atoms with van der Waals surface area (Å²) in [4.78, 5) is 4.86. The topological polar surface area (TPSA) is 128 Å². The van der Waals surface area contributed by atoms with Gasteiger partial charge in [-0.15, -0.1) is 10.2 Å². The van der Waals surface area contributed by atoms with E-state index in [9.17, 15) is 0 Å². The Hall–Kier alpha value is -5.49. The maximum atomic E-state index is 6.36. The fraction of sp³-hybridized carbons (Fsp3) is 0.129. The van der Waals surface area contributed by atoms with E-state index in [0.29, 0.717) is 46.2 Å². The molecule has 0 saturated carbocycles. The van der Waals surface area contributed by atoms with Crippen molar-refractivity contribution in [3.63, 3.8) is 0 Å². The van der Waals surface area contributed by atoms with Gasteiger partial charge in [-0.2, -0.15) is 5.21 Å². The van der Waals surface area contributed by atoms with Crippen molar-refractivity contribution in [1.82, 2.24) is 30.9 Å². The van der Waals surface area contributed by atoms with Gasteiger partial charge < -0.3 is 29.6 Å². The first-order chi connectivity index (χ1) is 21.1. The third kappa shape index (κ3) is 6.23. The van der Waals surface area contributed by atoms with E-state index >= 15 is 0 Å². The number of pyridine rings is 1. The number of aromatic nitrogens is 5. The molecule has 0 saturated heterocycles. The predicted molar refractivity (Wildman–Crippen MR) is 166 cm³/mol. The molecular weight excluding hydrogens is 566 g/mol. The highest BCUT2D eigenvalue weighted by Gasteiger charge is 2.25. The third-order valence-electron chi connectivity index (χ3n) is 6.60. The summed E-state index contributed by atoms with van der Waals surface area (Å²) in [5.41, 5.74) is 4.76. The summed E-state index contributed by atoms with van der Waals surface area (Å²) in [5.74, 6) is 3.14. The molecule has 0 unspecified atom stereocenters. The number of hydrogen-bond acceptors (Lipinski definition) is 9. The van der Waals surface area contributed by atoms with Crippen molar-refractivity contribution in [2.75, 3.05) is 25.8 Å². The lowest BCUT2D eigenvalue weighted by molar-refractivity contribution is 0.174. The van der Waals surface area contributed by atoms with Gasteiger partial charge in [-0.1, -0.05) is 42.5 Å². The Kier molecular flexibility index (Phi) is 8.09. The zero-order valence-corrected chi connectivity index (χ0v) is 24.1. The number of nitrogens with one attached hydrogen (secondary N) is 3. The number of aromatic amines is 1. The lowest BCUT2D eigenvalue weighted by atomic mass is 9.93. The molecule has 0 bridgehead atoms. The van der Waals surface area contributed by atoms with E-state index in [1.165, 1.54) is 0 Å². The normalized spacial score (nSPS) is 11.9. The lowest BCUT2D eigenvalue weighted by Gasteiger charge is -2.18. The van der Waals surface area contributed by atoms with E-state index < -0.39 is 0 Å². The largest absolute Gasteiger partial charge is 0.497 e. The number of fused-ring (bicyclic) bond motifs is 1. The van der Waals surface area contributed by atoms with Crippen molar-refractivity contribution in [2.45, 2.75) is 6.92 Å². The number of H-pyrrole nitrogens is 1. The van der Waals surface area contributed by atoms with Crippen molar-refractivity contribution < 1.29 is 18.9 Å². The zero-order chi connectivity index (χ0) is 29.6. The van der Waals surface area contributed by atoms with Crippen LogP contribution in [0.3, 0.4) is 0 Å². The molecule has 0 fully saturated rings. The maximum absolute atomic E-state index is 6.36. The monoisotopic (exact) mass is 593 g/mol. The number of rotatable bonds is 9. The van der Waals surface area contributed by atoms with Crippen molar-refractivity contribution in [3.8, 4) is 51.4 Å². The van der Waals surface area contributed by atoms with Gasteiger partial charge in [-0.3, -0.25) is 0 Å². The lowest BCUT2D eigenvalue weighted by Crippen LogP contribution is -2.28. The molecule has 0 radical (unpaired) electrons. The van der Waals surface area contributed by atoms with Gasteiger partial charge in [0.1, 0.15) is 11.5 Å². The minimum atomic E-state index is 0.162. The van der Waals surface area contributed by atoms with Crippen molar-refractivity contribution in [1.29, 1.82) is 0 Å². The van der Waals surface area contributed by atoms with Crippen LogP contribution in [0.15, 0.2) is 78.9 Å². The molecule has 2 aromatic heterocycles. The second-order valence-corrected chi connectivity index (χ2v) is 9.76. The summed E-state index contributed by atoms with van der Waals surface area (Å²) in [6.45, 7) is 2.57. The van der Waals surface area contributed by atoms with Crippen LogP contribution in [0.5, 0.6) is 28.9 Å². The number of ether oxygens (including phenoxy) is 4. The minimum absolute atomic E-state index is 0.162. The Bertz CT molecular complexity index is 1760. The summed E-state index contributed by atoms with van der Waals surface area (Å²) in [7, 11) is 1.63. The van der Waals surface area contributed by atoms with Crippen molar-refractivity contribution >= 4 is 29.1 Å². The summed E-state index contributed by atoms with van der Waals surface area (Å²) in [6, 6.07) is 22.8. The fourth-order valence-electron chi connectivity index (χ4n) is 4.58. The highest BCUT2D eigenvalue weighted by Crippen LogP contribution is 2.44. The summed E-state index contributed by atoms with van der Waals surface area (Å²) >= 11 is 5.46. The number of nitrogens with zero attached hydrogens (tertiary/aromatic N) is 4. The molecule has 1 aliphatic rings. The van der Waals surface area contributed by atoms with Gasteiger partial charge in [0.05, 0.1) is 12.7 Å². The van der Waals surface area contributed by atoms with Gasteiger partial charge in [-0.05, 0) is 66.3 Å². The zero-order valence-electron chi connectivity index (χ0n) is 23.3. The Morgan fingerprint density at radius 3 is 2.56 bits per heavy atom. The molecule has 43 heavy (non-hydrogen) atoms. The number of benzene rings is 3. The molecule has 5 aromatic rings. The second kappa shape index (κ2) is 12.6. The molecule has 216 valence electrons. The molecular formula is C31H27N7O4S. The number of hydrogen-bond donors (Lipinski definition) is 3. The van der Waals surface area contributed by atoms with Gasteiger partial charge in [0.25, 0.3) is 0 Å². The molecule has 12 heteroatoms. The molecule has 3 N–H and O–H groups in total. The average Bonchev–Trinajstić information content (AvgIpc) is 3.73. The molecule has 0 aliphatic carbocycles. The van der Waals surface area contributed by atoms with E-state index in [4.69, 9.17) is 36.1 Å². The van der Waals surface area contributed by atoms with Gasteiger partial charge >= 0.3 is 0 Å². The number of para-hydroxylation sites is 1. The number of anilines is 1. The highest BCUT2D eigenvalue weighted by atomic mass is 32.1. The van der Waals surface area contributed by atoms with E-state index in [2.05, 4.69) is 31.3 Å². The van der Waals surface area contributed by atoms with Crippen LogP contribution in [0, 0.1) is 6.92 Å². The smallest absolute Gasteiger partial charge is 0.231 e. The standard InChI is InChI=1S/C31H27N7O4S/c1-19-24(9-6-16-32-31(43)34-21-7-4-3-5-8-21)27(20-10-12-22(39-2)13-11-20)28(29-35-37-38-36-29)30(33-19)42-23-14-15-25-26(17-23)41-18-40-25/h3-15,17H,16,18H2,1-2H3,(H2,32,34,43)(H,35,36,37,38). The third-order valence-corrected chi connectivity index (χ3v) is 6.84. The SMILES string of the molecule is COc1ccc(-c2c(C=CCNC(=S)Nc3ccccc3)c(C)nc(Oc3ccc4c(c3)OCO4)c2-c2nn[nH]n2)cc1. The molecule has 0 amide bonds. The van der Waals surface area contributed by atoms with Crippen LogP contribution in [0.4, 0.5) is 5.69 Å². The average molecular weight is 594 g/mol. The summed E-state index contributed by atoms with van der Waals surface area (Å²) in [6.07, 6.45) is 3.97. The van der Waals surface area contributed by atoms with E-state index in [1.54, 1.807) is 25.3 Å². The Balaban J connectivity index is 1.38. The van der Waals surface area contributed by atoms with Crippen LogP contribution in [0.25, 0.3) is 28.6 Å². The Labute approximate surface area is 252 Å². The van der Waals surface area contributed by atoms with Crippen LogP contribution in [0.1, 0.15) is 11.3 Å². The van der Waals surface area contributed by atoms with Crippen LogP contribution in [-0.4, -0.2) is 51.2 Å². The first-order valence-electron chi connectivity index (χ1n) is 13.4. The van der Waals surface area contributed by atoms with Gasteiger partial charge in [-0.25, -0.2) is 4.98 Å². The molecule has 3 aromatic carbocycles. The van der Waals surface area contributed by atoms with E-state index in [-0.39, 0.29) is 6.79 Å². The quantitative estimate of drug-likeness (QED) is 0.180. The summed E-state index contributed by atoms with van der Waals surface area (Å²) < 4.78 is 22.8. The number of aryl methyl sites for hydroxylation is 1. The fourth-order valence-corrected chi connectivity index (χ4v) is 4.78. The second-order valence-electron chi connectivity index (χ2n) is 9.35. The van der Waals surface area contributed by atoms with Gasteiger partial charge in [0.2, 0.25) is 18.5 Å². The summed E-state index contributed by atoms with van der Waals surface area (Å²) in [5, 5.41) is 21.9. The van der Waals surface area contributed by atoms with Crippen molar-refractivity contribution in [3.05, 3.63) is 90.1 Å². The molecule has 0 spiro atoms. The molecule has 1 aliphatic heterocycles. The van der Waals surface area contributed by atoms with Crippen LogP contribution in [0.2, 0.25) is 0 Å². The first-order valence-corrected chi connectivity index (χ1v) is 13.8. The van der Waals surface area contributed by atoms with E-state index in [0.717, 1.165) is 33.8 Å². The molecule has 6 rings (SSSR count). The number of methoxy groups -OCH3 is 1. The Morgan fingerprint density at radius 2 is 1.79 bits per heavy atom. The predicted octanol–water partition coefficient (Wildman–Crippen LogP) is 5.77. The van der Waals surface area contributed by atoms with Crippen molar-refractivity contribution in [2.24, 2.45) is 0 Å². The van der Waals surface area contributed by atoms with Crippen LogP contribution in [-0.2, 0) is 0 Å². The van der Waals surface area contributed by atoms with Gasteiger partial charge in [0.15, 0.2) is 16.6 Å². The number of thiocarbonyl (C=S) groups is 1. The van der Waals surface area contributed by atoms with E-state index in [1.807, 2.05) is 73.7 Å². The number of tetrazole rings is 1. The van der Waals surface area contributed by atoms with Gasteiger partial charge in [0, 0.05) is 35.1 Å².